The first kappa shape index (κ1) is 19.8. The summed E-state index contributed by atoms with van der Waals surface area (Å²) >= 11 is 0. The van der Waals surface area contributed by atoms with Gasteiger partial charge in [0.25, 0.3) is 0 Å². The van der Waals surface area contributed by atoms with Gasteiger partial charge in [-0.3, -0.25) is 4.79 Å². The number of nitrogens with one attached hydrogen (secondary N) is 2. The summed E-state index contributed by atoms with van der Waals surface area (Å²) in [7, 11) is 0. The largest absolute Gasteiger partial charge is 0.396 e. The normalized spacial score (nSPS) is 29.3. The molecule has 30 heavy (non-hydrogen) atoms. The molecule has 3 N–H and O–H groups in total. The molecule has 2 aromatic rings. The molecule has 4 aliphatic rings. The van der Waals surface area contributed by atoms with Crippen LogP contribution in [0.15, 0.2) is 30.3 Å². The minimum atomic E-state index is 0.163. The van der Waals surface area contributed by atoms with E-state index in [9.17, 15) is 4.79 Å². The molecule has 160 valence electrons. The molecule has 0 saturated heterocycles. The molecule has 6 rings (SSSR count). The van der Waals surface area contributed by atoms with Gasteiger partial charge in [0.15, 0.2) is 0 Å². The number of anilines is 2. The molecule has 5 heteroatoms. The Kier molecular flexibility index (Phi) is 5.40. The van der Waals surface area contributed by atoms with Crippen molar-refractivity contribution in [3.8, 4) is 0 Å². The topological polar surface area (TPSA) is 74.2 Å². The van der Waals surface area contributed by atoms with Gasteiger partial charge in [0, 0.05) is 25.0 Å². The smallest absolute Gasteiger partial charge is 0.224 e. The highest BCUT2D eigenvalue weighted by molar-refractivity contribution is 6.01. The predicted octanol–water partition coefficient (Wildman–Crippen LogP) is 4.96. The van der Waals surface area contributed by atoms with Crippen LogP contribution >= 0.6 is 0 Å². The van der Waals surface area contributed by atoms with Crippen molar-refractivity contribution >= 4 is 28.3 Å². The maximum absolute atomic E-state index is 13.0. The first-order valence-corrected chi connectivity index (χ1v) is 11.7. The minimum Gasteiger partial charge on any atom is -0.396 e. The number of aliphatic hydroxyl groups is 1. The molecule has 1 amide bonds. The standard InChI is InChI=1S/C25H33N3O2/c29-9-2-1-8-26-23-7-6-20-21(27-23)4-3-5-22(20)28-24(30)16-25-13-17-10-18(14-25)12-19(11-17)15-25/h3-7,17-19,29H,1-2,8-16H2,(H,26,27)(H,28,30). The van der Waals surface area contributed by atoms with Crippen LogP contribution in [-0.4, -0.2) is 29.1 Å². The van der Waals surface area contributed by atoms with E-state index in [-0.39, 0.29) is 17.9 Å². The zero-order valence-electron chi connectivity index (χ0n) is 17.7. The zero-order chi connectivity index (χ0) is 20.6. The summed E-state index contributed by atoms with van der Waals surface area (Å²) in [5.41, 5.74) is 2.00. The van der Waals surface area contributed by atoms with Gasteiger partial charge in [0.1, 0.15) is 5.82 Å². The van der Waals surface area contributed by atoms with E-state index in [0.717, 1.165) is 59.5 Å². The van der Waals surface area contributed by atoms with Crippen molar-refractivity contribution in [2.45, 2.75) is 57.8 Å². The van der Waals surface area contributed by atoms with Crippen LogP contribution in [0, 0.1) is 23.2 Å². The van der Waals surface area contributed by atoms with Crippen LogP contribution in [0.1, 0.15) is 57.8 Å². The lowest BCUT2D eigenvalue weighted by molar-refractivity contribution is -0.124. The van der Waals surface area contributed by atoms with Crippen molar-refractivity contribution in [2.24, 2.45) is 23.2 Å². The van der Waals surface area contributed by atoms with E-state index in [1.165, 1.54) is 38.5 Å². The number of carbonyl (C=O) groups excluding carboxylic acids is 1. The Labute approximate surface area is 178 Å². The lowest BCUT2D eigenvalue weighted by atomic mass is 9.49. The van der Waals surface area contributed by atoms with Crippen LogP contribution in [0.4, 0.5) is 11.5 Å². The number of nitrogens with zero attached hydrogens (tertiary/aromatic N) is 1. The molecule has 0 spiro atoms. The van der Waals surface area contributed by atoms with Gasteiger partial charge < -0.3 is 15.7 Å². The Morgan fingerprint density at radius 2 is 1.77 bits per heavy atom. The molecule has 5 nitrogen and oxygen atoms in total. The molecule has 1 aromatic heterocycles. The SMILES string of the molecule is O=C(CC12CC3CC(CC(C3)C1)C2)Nc1cccc2nc(NCCCCO)ccc12. The molecular weight excluding hydrogens is 374 g/mol. The Morgan fingerprint density at radius 1 is 1.03 bits per heavy atom. The number of pyridine rings is 1. The van der Waals surface area contributed by atoms with Gasteiger partial charge >= 0.3 is 0 Å². The summed E-state index contributed by atoms with van der Waals surface area (Å²) in [6, 6.07) is 9.94. The molecule has 0 atom stereocenters. The molecule has 0 unspecified atom stereocenters. The number of unbranched alkanes of at least 4 members (excludes halogenated alkanes) is 1. The van der Waals surface area contributed by atoms with Crippen LogP contribution in [0.25, 0.3) is 10.9 Å². The molecular formula is C25H33N3O2. The van der Waals surface area contributed by atoms with Crippen LogP contribution in [-0.2, 0) is 4.79 Å². The molecule has 1 aromatic carbocycles. The average molecular weight is 408 g/mol. The highest BCUT2D eigenvalue weighted by atomic mass is 16.2. The number of aromatic nitrogens is 1. The second-order valence-electron chi connectivity index (χ2n) is 10.1. The van der Waals surface area contributed by atoms with Crippen molar-refractivity contribution in [3.63, 3.8) is 0 Å². The maximum Gasteiger partial charge on any atom is 0.224 e. The molecule has 4 fully saturated rings. The van der Waals surface area contributed by atoms with E-state index in [4.69, 9.17) is 10.1 Å². The van der Waals surface area contributed by atoms with E-state index < -0.39 is 0 Å². The van der Waals surface area contributed by atoms with Crippen molar-refractivity contribution in [1.29, 1.82) is 0 Å². The van der Waals surface area contributed by atoms with Crippen LogP contribution in [0.3, 0.4) is 0 Å². The molecule has 0 radical (unpaired) electrons. The van der Waals surface area contributed by atoms with Crippen LogP contribution < -0.4 is 10.6 Å². The number of fused-ring (bicyclic) bond motifs is 1. The number of hydrogen-bond donors (Lipinski definition) is 3. The first-order valence-electron chi connectivity index (χ1n) is 11.7. The van der Waals surface area contributed by atoms with Gasteiger partial charge in [0.2, 0.25) is 5.91 Å². The number of carbonyl (C=O) groups is 1. The Hall–Kier alpha value is -2.14. The molecule has 4 aliphatic carbocycles. The summed E-state index contributed by atoms with van der Waals surface area (Å²) in [5, 5.41) is 16.4. The number of amides is 1. The van der Waals surface area contributed by atoms with Crippen molar-refractivity contribution in [1.82, 2.24) is 4.98 Å². The van der Waals surface area contributed by atoms with Crippen molar-refractivity contribution < 1.29 is 9.90 Å². The molecule has 4 bridgehead atoms. The van der Waals surface area contributed by atoms with Gasteiger partial charge in [0.05, 0.1) is 11.2 Å². The second kappa shape index (κ2) is 8.18. The monoisotopic (exact) mass is 407 g/mol. The Morgan fingerprint density at radius 3 is 2.47 bits per heavy atom. The number of aliphatic hydroxyl groups excluding tert-OH is 1. The third-order valence-corrected chi connectivity index (χ3v) is 7.60. The maximum atomic E-state index is 13.0. The lowest BCUT2D eigenvalue weighted by Gasteiger charge is -2.56. The van der Waals surface area contributed by atoms with Crippen molar-refractivity contribution in [3.05, 3.63) is 30.3 Å². The summed E-state index contributed by atoms with van der Waals surface area (Å²) in [4.78, 5) is 17.7. The lowest BCUT2D eigenvalue weighted by Crippen LogP contribution is -2.47. The summed E-state index contributed by atoms with van der Waals surface area (Å²) < 4.78 is 0. The average Bonchev–Trinajstić information content (AvgIpc) is 2.70. The second-order valence-corrected chi connectivity index (χ2v) is 10.1. The molecule has 0 aliphatic heterocycles. The van der Waals surface area contributed by atoms with Gasteiger partial charge in [-0.1, -0.05) is 6.07 Å². The van der Waals surface area contributed by atoms with E-state index in [0.29, 0.717) is 6.42 Å². The number of rotatable bonds is 8. The molecule has 4 saturated carbocycles. The summed E-state index contributed by atoms with van der Waals surface area (Å²) in [5.74, 6) is 3.60. The van der Waals surface area contributed by atoms with Gasteiger partial charge in [-0.25, -0.2) is 4.98 Å². The minimum absolute atomic E-state index is 0.163. The number of benzene rings is 1. The quantitative estimate of drug-likeness (QED) is 0.541. The third kappa shape index (κ3) is 4.04. The summed E-state index contributed by atoms with van der Waals surface area (Å²) in [6.45, 7) is 1.01. The number of hydrogen-bond acceptors (Lipinski definition) is 4. The fraction of sp³-hybridized carbons (Fsp3) is 0.600. The fourth-order valence-electron chi connectivity index (χ4n) is 6.86. The highest BCUT2D eigenvalue weighted by Crippen LogP contribution is 2.61. The van der Waals surface area contributed by atoms with Gasteiger partial charge in [-0.15, -0.1) is 0 Å². The van der Waals surface area contributed by atoms with E-state index in [1.807, 2.05) is 30.3 Å². The third-order valence-electron chi connectivity index (χ3n) is 7.60. The fourth-order valence-corrected chi connectivity index (χ4v) is 6.86. The van der Waals surface area contributed by atoms with Crippen LogP contribution in [0.2, 0.25) is 0 Å². The summed E-state index contributed by atoms with van der Waals surface area (Å²) in [6.07, 6.45) is 10.4. The van der Waals surface area contributed by atoms with Gasteiger partial charge in [-0.05, 0) is 98.8 Å². The zero-order valence-corrected chi connectivity index (χ0v) is 17.7. The Bertz CT molecular complexity index is 890. The van der Waals surface area contributed by atoms with Crippen LogP contribution in [0.5, 0.6) is 0 Å². The van der Waals surface area contributed by atoms with E-state index in [2.05, 4.69) is 10.6 Å². The van der Waals surface area contributed by atoms with E-state index in [1.54, 1.807) is 0 Å². The first-order chi connectivity index (χ1) is 14.6. The van der Waals surface area contributed by atoms with Crippen molar-refractivity contribution in [2.75, 3.05) is 23.8 Å². The van der Waals surface area contributed by atoms with Gasteiger partial charge in [-0.2, -0.15) is 0 Å². The predicted molar refractivity (Wildman–Crippen MR) is 120 cm³/mol. The van der Waals surface area contributed by atoms with E-state index >= 15 is 0 Å². The molecule has 1 heterocycles. The highest BCUT2D eigenvalue weighted by Gasteiger charge is 2.51. The Balaban J connectivity index is 1.26.